The number of para-hydroxylation sites is 2. The molecule has 0 aromatic heterocycles. The highest BCUT2D eigenvalue weighted by Crippen LogP contribution is 2.42. The Balaban J connectivity index is 1.72. The van der Waals surface area contributed by atoms with Crippen LogP contribution in [0.3, 0.4) is 0 Å². The minimum absolute atomic E-state index is 0.149. The van der Waals surface area contributed by atoms with Gasteiger partial charge in [0.25, 0.3) is 5.91 Å². The third-order valence-electron chi connectivity index (χ3n) is 6.04. The molecular formula is C29H27N3O4S. The van der Waals surface area contributed by atoms with Crippen molar-refractivity contribution in [2.24, 2.45) is 0 Å². The molecule has 1 aliphatic rings. The van der Waals surface area contributed by atoms with E-state index in [-0.39, 0.29) is 11.5 Å². The number of anilines is 2. The number of methoxy groups -OCH3 is 2. The average molecular weight is 514 g/mol. The van der Waals surface area contributed by atoms with Crippen molar-refractivity contribution in [2.45, 2.75) is 25.0 Å². The van der Waals surface area contributed by atoms with Gasteiger partial charge in [-0.2, -0.15) is 5.26 Å². The highest BCUT2D eigenvalue weighted by atomic mass is 32.2. The summed E-state index contributed by atoms with van der Waals surface area (Å²) >= 11 is 1.23. The number of carbonyl (C=O) groups excluding carboxylic acids is 2. The molecule has 0 radical (unpaired) electrons. The lowest BCUT2D eigenvalue weighted by atomic mass is 10.1. The zero-order valence-corrected chi connectivity index (χ0v) is 21.7. The number of nitrogens with zero attached hydrogens (tertiary/aromatic N) is 2. The van der Waals surface area contributed by atoms with E-state index in [0.717, 1.165) is 12.0 Å². The van der Waals surface area contributed by atoms with E-state index in [1.807, 2.05) is 18.2 Å². The zero-order valence-electron chi connectivity index (χ0n) is 20.9. The number of thioether (sulfide) groups is 1. The van der Waals surface area contributed by atoms with Gasteiger partial charge >= 0.3 is 0 Å². The lowest BCUT2D eigenvalue weighted by molar-refractivity contribution is -0.117. The maximum Gasteiger partial charge on any atom is 0.269 e. The van der Waals surface area contributed by atoms with E-state index in [1.165, 1.54) is 29.3 Å². The number of benzene rings is 3. The van der Waals surface area contributed by atoms with Crippen LogP contribution in [0.15, 0.2) is 83.4 Å². The highest BCUT2D eigenvalue weighted by molar-refractivity contribution is 8.05. The molecule has 4 rings (SSSR count). The monoisotopic (exact) mass is 513 g/mol. The summed E-state index contributed by atoms with van der Waals surface area (Å²) in [6, 6.07) is 24.1. The van der Waals surface area contributed by atoms with Crippen LogP contribution in [0.5, 0.6) is 11.5 Å². The van der Waals surface area contributed by atoms with Crippen LogP contribution in [0.2, 0.25) is 0 Å². The Labute approximate surface area is 220 Å². The first kappa shape index (κ1) is 25.9. The molecule has 1 saturated heterocycles. The van der Waals surface area contributed by atoms with Crippen molar-refractivity contribution in [2.75, 3.05) is 24.4 Å². The van der Waals surface area contributed by atoms with Gasteiger partial charge in [0.05, 0.1) is 25.2 Å². The smallest absolute Gasteiger partial charge is 0.269 e. The number of amides is 2. The molecule has 2 amide bonds. The van der Waals surface area contributed by atoms with Crippen molar-refractivity contribution < 1.29 is 19.1 Å². The second kappa shape index (κ2) is 11.7. The molecule has 0 spiro atoms. The second-order valence-corrected chi connectivity index (χ2v) is 9.49. The summed E-state index contributed by atoms with van der Waals surface area (Å²) in [6.07, 6.45) is 1.40. The van der Waals surface area contributed by atoms with Crippen molar-refractivity contribution in [3.8, 4) is 17.6 Å². The van der Waals surface area contributed by atoms with Gasteiger partial charge in [0.15, 0.2) is 0 Å². The number of nitriles is 1. The van der Waals surface area contributed by atoms with Crippen molar-refractivity contribution in [1.29, 1.82) is 5.26 Å². The molecule has 188 valence electrons. The van der Waals surface area contributed by atoms with Crippen molar-refractivity contribution in [1.82, 2.24) is 0 Å². The summed E-state index contributed by atoms with van der Waals surface area (Å²) in [6.45, 7) is 2.09. The Morgan fingerprint density at radius 3 is 2.30 bits per heavy atom. The third kappa shape index (κ3) is 5.63. The Kier molecular flexibility index (Phi) is 8.16. The van der Waals surface area contributed by atoms with Gasteiger partial charge in [0.2, 0.25) is 5.91 Å². The van der Waals surface area contributed by atoms with Gasteiger partial charge in [-0.15, -0.1) is 0 Å². The number of aryl methyl sites for hydroxylation is 1. The van der Waals surface area contributed by atoms with Gasteiger partial charge in [0.1, 0.15) is 28.2 Å². The molecule has 0 saturated carbocycles. The maximum atomic E-state index is 13.7. The Bertz CT molecular complexity index is 1360. The number of hydrogen-bond donors (Lipinski definition) is 1. The first-order valence-corrected chi connectivity index (χ1v) is 12.7. The molecule has 3 aromatic rings. The van der Waals surface area contributed by atoms with Crippen LogP contribution < -0.4 is 19.7 Å². The van der Waals surface area contributed by atoms with E-state index in [9.17, 15) is 14.9 Å². The number of rotatable bonds is 8. The average Bonchev–Trinajstić information content (AvgIpc) is 3.24. The summed E-state index contributed by atoms with van der Waals surface area (Å²) in [5.41, 5.74) is 3.06. The van der Waals surface area contributed by atoms with Crippen LogP contribution in [0, 0.1) is 11.3 Å². The Morgan fingerprint density at radius 1 is 1.00 bits per heavy atom. The summed E-state index contributed by atoms with van der Waals surface area (Å²) in [5, 5.41) is 12.6. The fraction of sp³-hybridized carbons (Fsp3) is 0.207. The van der Waals surface area contributed by atoms with E-state index in [2.05, 4.69) is 24.4 Å². The number of nitrogens with one attached hydrogen (secondary N) is 1. The van der Waals surface area contributed by atoms with Gasteiger partial charge in [0, 0.05) is 5.69 Å². The molecule has 1 fully saturated rings. The van der Waals surface area contributed by atoms with Gasteiger partial charge in [-0.3, -0.25) is 14.5 Å². The van der Waals surface area contributed by atoms with E-state index in [1.54, 1.807) is 55.6 Å². The summed E-state index contributed by atoms with van der Waals surface area (Å²) in [7, 11) is 3.07. The fourth-order valence-electron chi connectivity index (χ4n) is 4.01. The van der Waals surface area contributed by atoms with E-state index >= 15 is 0 Å². The lowest BCUT2D eigenvalue weighted by Gasteiger charge is -2.19. The van der Waals surface area contributed by atoms with Crippen LogP contribution >= 0.6 is 11.8 Å². The maximum absolute atomic E-state index is 13.7. The Morgan fingerprint density at radius 2 is 1.68 bits per heavy atom. The molecule has 0 aliphatic carbocycles. The van der Waals surface area contributed by atoms with E-state index in [4.69, 9.17) is 9.47 Å². The largest absolute Gasteiger partial charge is 0.497 e. The third-order valence-corrected chi connectivity index (χ3v) is 7.31. The van der Waals surface area contributed by atoms with Crippen LogP contribution in [0.25, 0.3) is 0 Å². The van der Waals surface area contributed by atoms with Crippen molar-refractivity contribution in [3.63, 3.8) is 0 Å². The number of ether oxygens (including phenoxy) is 2. The molecule has 1 atom stereocenters. The lowest BCUT2D eigenvalue weighted by Crippen LogP contribution is -2.30. The van der Waals surface area contributed by atoms with Crippen LogP contribution in [0.4, 0.5) is 11.4 Å². The van der Waals surface area contributed by atoms with Crippen molar-refractivity contribution in [3.05, 3.63) is 94.5 Å². The Hall–Kier alpha value is -4.22. The normalized spacial score (nSPS) is 16.2. The molecule has 1 unspecified atom stereocenters. The van der Waals surface area contributed by atoms with Crippen molar-refractivity contribution >= 4 is 35.0 Å². The standard InChI is InChI=1S/C29H27N3O4S/c1-4-19-9-11-20(12-10-19)17-26-28(34)32(21-13-15-22(35-2)16-14-21)29(37-26)23(18-30)27(33)31-24-7-5-6-8-25(24)36-3/h5-16,26H,4,17H2,1-3H3,(H,31,33)/b29-23-. The molecule has 8 heteroatoms. The molecule has 1 N–H and O–H groups in total. The number of hydrogen-bond acceptors (Lipinski definition) is 6. The highest BCUT2D eigenvalue weighted by Gasteiger charge is 2.41. The van der Waals surface area contributed by atoms with Crippen LogP contribution in [0.1, 0.15) is 18.1 Å². The topological polar surface area (TPSA) is 91.7 Å². The molecular weight excluding hydrogens is 486 g/mol. The molecule has 0 bridgehead atoms. The SMILES string of the molecule is CCc1ccc(CC2S/C(=C(/C#N)C(=O)Nc3ccccc3OC)N(c3ccc(OC)cc3)C2=O)cc1. The minimum Gasteiger partial charge on any atom is -0.497 e. The predicted molar refractivity (Wildman–Crippen MR) is 146 cm³/mol. The summed E-state index contributed by atoms with van der Waals surface area (Å²) in [5.74, 6) is 0.292. The molecule has 1 heterocycles. The first-order valence-electron chi connectivity index (χ1n) is 11.8. The fourth-order valence-corrected chi connectivity index (χ4v) is 5.32. The van der Waals surface area contributed by atoms with Crippen LogP contribution in [-0.4, -0.2) is 31.3 Å². The summed E-state index contributed by atoms with van der Waals surface area (Å²) in [4.78, 5) is 28.4. The summed E-state index contributed by atoms with van der Waals surface area (Å²) < 4.78 is 10.6. The van der Waals surface area contributed by atoms with Gasteiger partial charge < -0.3 is 14.8 Å². The van der Waals surface area contributed by atoms with E-state index < -0.39 is 11.2 Å². The van der Waals surface area contributed by atoms with Gasteiger partial charge in [-0.05, 0) is 60.4 Å². The van der Waals surface area contributed by atoms with E-state index in [0.29, 0.717) is 34.3 Å². The number of carbonyl (C=O) groups is 2. The minimum atomic E-state index is -0.617. The second-order valence-electron chi connectivity index (χ2n) is 8.30. The molecule has 37 heavy (non-hydrogen) atoms. The van der Waals surface area contributed by atoms with Gasteiger partial charge in [-0.25, -0.2) is 0 Å². The predicted octanol–water partition coefficient (Wildman–Crippen LogP) is 5.33. The van der Waals surface area contributed by atoms with Gasteiger partial charge in [-0.1, -0.05) is 55.1 Å². The molecule has 7 nitrogen and oxygen atoms in total. The zero-order chi connectivity index (χ0) is 26.4. The quantitative estimate of drug-likeness (QED) is 0.323. The molecule has 3 aromatic carbocycles. The molecule has 1 aliphatic heterocycles. The van der Waals surface area contributed by atoms with Crippen LogP contribution in [-0.2, 0) is 22.4 Å². The first-order chi connectivity index (χ1) is 18.0.